The van der Waals surface area contributed by atoms with Crippen LogP contribution in [0.1, 0.15) is 27.5 Å². The molecular weight excluding hydrogens is 412 g/mol. The van der Waals surface area contributed by atoms with E-state index in [2.05, 4.69) is 15.1 Å². The second kappa shape index (κ2) is 8.38. The molecule has 0 unspecified atom stereocenters. The molecule has 0 spiro atoms. The molecule has 9 heteroatoms. The lowest BCUT2D eigenvalue weighted by Gasteiger charge is -2.10. The molecule has 0 bridgehead atoms. The summed E-state index contributed by atoms with van der Waals surface area (Å²) in [4.78, 5) is 22.8. The summed E-state index contributed by atoms with van der Waals surface area (Å²) >= 11 is 0. The summed E-state index contributed by atoms with van der Waals surface area (Å²) in [7, 11) is 1.62. The van der Waals surface area contributed by atoms with Crippen LogP contribution in [0.2, 0.25) is 0 Å². The number of aryl methyl sites for hydroxylation is 1. The van der Waals surface area contributed by atoms with E-state index in [1.807, 2.05) is 44.2 Å². The first kappa shape index (κ1) is 20.9. The van der Waals surface area contributed by atoms with Crippen molar-refractivity contribution >= 4 is 28.8 Å². The number of non-ortho nitro benzene ring substituents is 1. The van der Waals surface area contributed by atoms with Crippen molar-refractivity contribution in [1.82, 2.24) is 9.99 Å². The molecule has 2 aromatic heterocycles. The van der Waals surface area contributed by atoms with Crippen molar-refractivity contribution in [2.24, 2.45) is 5.10 Å². The molecule has 0 aliphatic carbocycles. The molecule has 1 amide bonds. The maximum Gasteiger partial charge on any atom is 0.307 e. The topological polar surface area (TPSA) is 112 Å². The normalized spacial score (nSPS) is 11.2. The third kappa shape index (κ3) is 3.95. The minimum Gasteiger partial charge on any atom is -0.497 e. The van der Waals surface area contributed by atoms with Crippen LogP contribution in [0.5, 0.6) is 5.75 Å². The minimum atomic E-state index is -0.552. The molecule has 9 nitrogen and oxygen atoms in total. The van der Waals surface area contributed by atoms with E-state index in [4.69, 9.17) is 9.15 Å². The Morgan fingerprint density at radius 2 is 1.91 bits per heavy atom. The fourth-order valence-corrected chi connectivity index (χ4v) is 3.52. The van der Waals surface area contributed by atoms with Crippen molar-refractivity contribution < 1.29 is 18.9 Å². The number of hydrogen-bond acceptors (Lipinski definition) is 6. The molecule has 162 valence electrons. The number of hydrogen-bond donors (Lipinski definition) is 1. The Morgan fingerprint density at radius 1 is 1.16 bits per heavy atom. The number of carbonyl (C=O) groups is 1. The molecule has 0 saturated heterocycles. The van der Waals surface area contributed by atoms with E-state index >= 15 is 0 Å². The predicted molar refractivity (Wildman–Crippen MR) is 120 cm³/mol. The quantitative estimate of drug-likeness (QED) is 0.273. The molecule has 0 atom stereocenters. The number of hydrazone groups is 1. The number of carbonyl (C=O) groups excluding carboxylic acids is 1. The van der Waals surface area contributed by atoms with Gasteiger partial charge in [-0.25, -0.2) is 5.43 Å². The van der Waals surface area contributed by atoms with Gasteiger partial charge in [0.15, 0.2) is 5.76 Å². The number of nitrogens with zero attached hydrogens (tertiary/aromatic N) is 3. The van der Waals surface area contributed by atoms with Gasteiger partial charge in [-0.05, 0) is 56.3 Å². The number of benzene rings is 2. The highest BCUT2D eigenvalue weighted by Gasteiger charge is 2.15. The Morgan fingerprint density at radius 3 is 2.59 bits per heavy atom. The third-order valence-electron chi connectivity index (χ3n) is 5.11. The van der Waals surface area contributed by atoms with Crippen molar-refractivity contribution in [3.05, 3.63) is 87.4 Å². The smallest absolute Gasteiger partial charge is 0.307 e. The van der Waals surface area contributed by atoms with Crippen LogP contribution in [-0.4, -0.2) is 28.7 Å². The van der Waals surface area contributed by atoms with Crippen LogP contribution in [-0.2, 0) is 0 Å². The number of amides is 1. The van der Waals surface area contributed by atoms with E-state index in [-0.39, 0.29) is 11.4 Å². The summed E-state index contributed by atoms with van der Waals surface area (Å²) in [6, 6.07) is 15.3. The van der Waals surface area contributed by atoms with Crippen molar-refractivity contribution in [2.45, 2.75) is 13.8 Å². The summed E-state index contributed by atoms with van der Waals surface area (Å²) in [6.07, 6.45) is 1.56. The summed E-state index contributed by atoms with van der Waals surface area (Å²) in [5.41, 5.74) is 6.55. The van der Waals surface area contributed by atoms with Crippen LogP contribution in [0.15, 0.2) is 64.1 Å². The van der Waals surface area contributed by atoms with Gasteiger partial charge in [-0.15, -0.1) is 0 Å². The van der Waals surface area contributed by atoms with Gasteiger partial charge in [0, 0.05) is 40.2 Å². The van der Waals surface area contributed by atoms with Gasteiger partial charge in [-0.3, -0.25) is 14.9 Å². The molecule has 32 heavy (non-hydrogen) atoms. The Balaban J connectivity index is 1.51. The zero-order valence-corrected chi connectivity index (χ0v) is 17.7. The van der Waals surface area contributed by atoms with Gasteiger partial charge in [0.2, 0.25) is 0 Å². The van der Waals surface area contributed by atoms with Gasteiger partial charge in [-0.1, -0.05) is 0 Å². The summed E-state index contributed by atoms with van der Waals surface area (Å²) in [5, 5.41) is 15.4. The molecule has 1 N–H and O–H groups in total. The van der Waals surface area contributed by atoms with Gasteiger partial charge in [-0.2, -0.15) is 5.10 Å². The summed E-state index contributed by atoms with van der Waals surface area (Å²) < 4.78 is 12.8. The van der Waals surface area contributed by atoms with E-state index in [9.17, 15) is 14.9 Å². The number of rotatable bonds is 6. The zero-order chi connectivity index (χ0) is 22.8. The fraction of sp³-hybridized carbons (Fsp3) is 0.130. The number of methoxy groups -OCH3 is 1. The molecule has 0 saturated carbocycles. The van der Waals surface area contributed by atoms with Crippen LogP contribution in [0.3, 0.4) is 0 Å². The SMILES string of the molecule is COc1ccc(-n2c(C)cc(/C=N\NC(=O)c3cc4cc([N+](=O)[O-])ccc4o3)c2C)cc1. The third-order valence-corrected chi connectivity index (χ3v) is 5.11. The number of ether oxygens (including phenoxy) is 1. The minimum absolute atomic E-state index is 0.0151. The molecule has 0 fully saturated rings. The van der Waals surface area contributed by atoms with Crippen LogP contribution < -0.4 is 10.2 Å². The molecule has 0 aliphatic heterocycles. The number of aromatic nitrogens is 1. The molecule has 4 rings (SSSR count). The first-order valence-corrected chi connectivity index (χ1v) is 9.72. The molecule has 2 aromatic carbocycles. The standard InChI is InChI=1S/C23H20N4O5/c1-14-10-17(15(2)26(14)18-4-7-20(31-3)8-5-18)13-24-25-23(28)22-12-16-11-19(27(29)30)6-9-21(16)32-22/h4-13H,1-3H3,(H,25,28)/b24-13-. The predicted octanol–water partition coefficient (Wildman–Crippen LogP) is 4.52. The van der Waals surface area contributed by atoms with Gasteiger partial charge >= 0.3 is 5.91 Å². The monoisotopic (exact) mass is 432 g/mol. The highest BCUT2D eigenvalue weighted by Crippen LogP contribution is 2.24. The average Bonchev–Trinajstić information content (AvgIpc) is 3.33. The van der Waals surface area contributed by atoms with Crippen molar-refractivity contribution in [3.63, 3.8) is 0 Å². The number of fused-ring (bicyclic) bond motifs is 1. The number of nitro benzene ring substituents is 1. The molecule has 0 radical (unpaired) electrons. The van der Waals surface area contributed by atoms with Crippen LogP contribution in [0, 0.1) is 24.0 Å². The largest absolute Gasteiger partial charge is 0.497 e. The van der Waals surface area contributed by atoms with Crippen molar-refractivity contribution in [2.75, 3.05) is 7.11 Å². The van der Waals surface area contributed by atoms with Crippen LogP contribution in [0.4, 0.5) is 5.69 Å². The molecule has 4 aromatic rings. The van der Waals surface area contributed by atoms with E-state index in [0.29, 0.717) is 11.0 Å². The second-order valence-electron chi connectivity index (χ2n) is 7.15. The van der Waals surface area contributed by atoms with Crippen LogP contribution in [0.25, 0.3) is 16.7 Å². The van der Waals surface area contributed by atoms with Gasteiger partial charge in [0.25, 0.3) is 5.69 Å². The van der Waals surface area contributed by atoms with Gasteiger partial charge in [0.05, 0.1) is 18.2 Å². The van der Waals surface area contributed by atoms with Crippen molar-refractivity contribution in [3.8, 4) is 11.4 Å². The van der Waals surface area contributed by atoms with Gasteiger partial charge in [0.1, 0.15) is 11.3 Å². The number of nitrogens with one attached hydrogen (secondary N) is 1. The van der Waals surface area contributed by atoms with E-state index in [1.165, 1.54) is 24.3 Å². The molecule has 2 heterocycles. The highest BCUT2D eigenvalue weighted by molar-refractivity contribution is 5.97. The Kier molecular flexibility index (Phi) is 5.46. The average molecular weight is 432 g/mol. The Hall–Kier alpha value is -4.40. The maximum absolute atomic E-state index is 12.4. The van der Waals surface area contributed by atoms with E-state index in [0.717, 1.165) is 28.4 Å². The lowest BCUT2D eigenvalue weighted by Crippen LogP contribution is -2.16. The fourth-order valence-electron chi connectivity index (χ4n) is 3.52. The summed E-state index contributed by atoms with van der Waals surface area (Å²) in [6.45, 7) is 3.95. The lowest BCUT2D eigenvalue weighted by atomic mass is 10.2. The molecular formula is C23H20N4O5. The zero-order valence-electron chi connectivity index (χ0n) is 17.7. The highest BCUT2D eigenvalue weighted by atomic mass is 16.6. The summed E-state index contributed by atoms with van der Waals surface area (Å²) in [5.74, 6) is 0.242. The maximum atomic E-state index is 12.4. The van der Waals surface area contributed by atoms with Crippen molar-refractivity contribution in [1.29, 1.82) is 0 Å². The van der Waals surface area contributed by atoms with E-state index < -0.39 is 10.8 Å². The van der Waals surface area contributed by atoms with E-state index in [1.54, 1.807) is 13.3 Å². The number of furan rings is 1. The first-order valence-electron chi connectivity index (χ1n) is 9.72. The Labute approximate surface area is 183 Å². The number of nitro groups is 1. The Bertz CT molecular complexity index is 1350. The van der Waals surface area contributed by atoms with Gasteiger partial charge < -0.3 is 13.7 Å². The first-order chi connectivity index (χ1) is 15.4. The second-order valence-corrected chi connectivity index (χ2v) is 7.15. The lowest BCUT2D eigenvalue weighted by molar-refractivity contribution is -0.384. The molecule has 0 aliphatic rings. The van der Waals surface area contributed by atoms with Crippen LogP contribution >= 0.6 is 0 Å².